The van der Waals surface area contributed by atoms with Gasteiger partial charge in [-0.25, -0.2) is 4.98 Å². The lowest BCUT2D eigenvalue weighted by Gasteiger charge is -2.35. The van der Waals surface area contributed by atoms with Crippen molar-refractivity contribution in [3.63, 3.8) is 0 Å². The van der Waals surface area contributed by atoms with Gasteiger partial charge in [0.15, 0.2) is 0 Å². The number of aromatic nitrogens is 1. The normalized spacial score (nSPS) is 17.5. The van der Waals surface area contributed by atoms with Crippen molar-refractivity contribution in [1.29, 1.82) is 0 Å². The van der Waals surface area contributed by atoms with E-state index >= 15 is 0 Å². The summed E-state index contributed by atoms with van der Waals surface area (Å²) in [6.07, 6.45) is -0.0546. The number of para-hydroxylation sites is 1. The average molecular weight is 593 g/mol. The third-order valence-electron chi connectivity index (χ3n) is 7.53. The Bertz CT molecular complexity index is 1400. The molecule has 3 aromatic rings. The van der Waals surface area contributed by atoms with Crippen molar-refractivity contribution in [2.75, 3.05) is 13.7 Å². The molecule has 0 saturated carbocycles. The number of hydrogen-bond donors (Lipinski definition) is 3. The molecule has 0 radical (unpaired) electrons. The first kappa shape index (κ1) is 31.2. The lowest BCUT2D eigenvalue weighted by molar-refractivity contribution is -0.144. The predicted octanol–water partition coefficient (Wildman–Crippen LogP) is 3.87. The zero-order valence-corrected chi connectivity index (χ0v) is 25.7. The summed E-state index contributed by atoms with van der Waals surface area (Å²) in [4.78, 5) is 46.9. The van der Waals surface area contributed by atoms with Crippen molar-refractivity contribution in [1.82, 2.24) is 20.5 Å². The number of β-amino-alcohol motifs (C(OH)–C–C–N with tert-alkyl or cyclic N) is 1. The molecule has 1 saturated heterocycles. The number of carbonyl (C=O) groups is 3. The lowest BCUT2D eigenvalue weighted by Crippen LogP contribution is -2.57. The van der Waals surface area contributed by atoms with E-state index in [1.54, 1.807) is 18.4 Å². The van der Waals surface area contributed by atoms with Crippen LogP contribution in [0.4, 0.5) is 0 Å². The van der Waals surface area contributed by atoms with E-state index < -0.39 is 23.6 Å². The molecule has 0 unspecified atom stereocenters. The second-order valence-electron chi connectivity index (χ2n) is 11.8. The highest BCUT2D eigenvalue weighted by atomic mass is 32.1. The topological polar surface area (TPSA) is 121 Å². The van der Waals surface area contributed by atoms with E-state index in [1.807, 2.05) is 81.7 Å². The number of rotatable bonds is 10. The molecule has 4 rings (SSSR count). The molecule has 9 nitrogen and oxygen atoms in total. The van der Waals surface area contributed by atoms with Gasteiger partial charge in [-0.05, 0) is 41.5 Å². The zero-order chi connectivity index (χ0) is 30.4. The zero-order valence-electron chi connectivity index (χ0n) is 24.8. The number of aliphatic hydroxyl groups excluding tert-OH is 1. The van der Waals surface area contributed by atoms with Crippen LogP contribution in [0.1, 0.15) is 50.4 Å². The first-order valence-electron chi connectivity index (χ1n) is 14.1. The standard InChI is InChI=1S/C32H40N4O5S/c1-20-28(42-19-34-20)23-12-10-21(11-13-23)17-33-30(39)25-16-24(37)18-36(25)31(40)29(32(2,3)4)35-27(38)15-14-22-8-6-7-9-26(22)41-5/h6-13,19,24-25,29,37H,14-18H2,1-5H3,(H,33,39)(H,35,38)/t24-,25+,29-/m1/s1. The van der Waals surface area contributed by atoms with Crippen LogP contribution in [-0.2, 0) is 27.3 Å². The molecular formula is C32H40N4O5S. The van der Waals surface area contributed by atoms with Crippen LogP contribution < -0.4 is 15.4 Å². The maximum absolute atomic E-state index is 13.8. The second-order valence-corrected chi connectivity index (χ2v) is 12.6. The van der Waals surface area contributed by atoms with E-state index in [0.717, 1.165) is 27.3 Å². The summed E-state index contributed by atoms with van der Waals surface area (Å²) in [6.45, 7) is 7.90. The minimum absolute atomic E-state index is 0.0312. The monoisotopic (exact) mass is 592 g/mol. The van der Waals surface area contributed by atoms with E-state index in [2.05, 4.69) is 15.6 Å². The van der Waals surface area contributed by atoms with Crippen molar-refractivity contribution in [2.45, 2.75) is 71.7 Å². The number of amides is 3. The molecule has 1 aliphatic heterocycles. The first-order valence-corrected chi connectivity index (χ1v) is 15.0. The predicted molar refractivity (Wildman–Crippen MR) is 163 cm³/mol. The molecule has 0 spiro atoms. The third kappa shape index (κ3) is 7.54. The van der Waals surface area contributed by atoms with Crippen LogP contribution >= 0.6 is 11.3 Å². The Balaban J connectivity index is 1.39. The largest absolute Gasteiger partial charge is 0.496 e. The van der Waals surface area contributed by atoms with Gasteiger partial charge in [-0.2, -0.15) is 0 Å². The number of nitrogens with one attached hydrogen (secondary N) is 2. The third-order valence-corrected chi connectivity index (χ3v) is 8.50. The minimum Gasteiger partial charge on any atom is -0.496 e. The quantitative estimate of drug-likeness (QED) is 0.329. The number of ether oxygens (including phenoxy) is 1. The van der Waals surface area contributed by atoms with Crippen LogP contribution in [0.3, 0.4) is 0 Å². The highest BCUT2D eigenvalue weighted by Gasteiger charge is 2.44. The summed E-state index contributed by atoms with van der Waals surface area (Å²) in [6, 6.07) is 13.7. The molecule has 0 bridgehead atoms. The van der Waals surface area contributed by atoms with Gasteiger partial charge >= 0.3 is 0 Å². The van der Waals surface area contributed by atoms with Crippen LogP contribution in [0.2, 0.25) is 0 Å². The SMILES string of the molecule is COc1ccccc1CCC(=O)N[C@H](C(=O)N1C[C@H](O)C[C@H]1C(=O)NCc1ccc(-c2scnc2C)cc1)C(C)(C)C. The maximum atomic E-state index is 13.8. The van der Waals surface area contributed by atoms with Gasteiger partial charge in [-0.3, -0.25) is 14.4 Å². The number of aliphatic hydroxyl groups is 1. The lowest BCUT2D eigenvalue weighted by atomic mass is 9.85. The Morgan fingerprint density at radius 2 is 1.86 bits per heavy atom. The number of thiazole rings is 1. The number of nitrogens with zero attached hydrogens (tertiary/aromatic N) is 2. The van der Waals surface area contributed by atoms with Gasteiger partial charge in [0.2, 0.25) is 17.7 Å². The highest BCUT2D eigenvalue weighted by Crippen LogP contribution is 2.28. The van der Waals surface area contributed by atoms with E-state index in [0.29, 0.717) is 12.2 Å². The van der Waals surface area contributed by atoms with E-state index in [4.69, 9.17) is 4.74 Å². The number of likely N-dealkylation sites (tertiary alicyclic amines) is 1. The molecule has 1 fully saturated rings. The molecule has 42 heavy (non-hydrogen) atoms. The molecule has 10 heteroatoms. The second kappa shape index (κ2) is 13.5. The molecule has 3 N–H and O–H groups in total. The van der Waals surface area contributed by atoms with Crippen LogP contribution in [0.25, 0.3) is 10.4 Å². The molecule has 2 heterocycles. The molecule has 3 amide bonds. The molecule has 1 aromatic heterocycles. The van der Waals surface area contributed by atoms with Gasteiger partial charge in [0.25, 0.3) is 0 Å². The van der Waals surface area contributed by atoms with Gasteiger partial charge in [0, 0.05) is 25.9 Å². The number of aryl methyl sites for hydroxylation is 2. The molecule has 1 aliphatic rings. The number of methoxy groups -OCH3 is 1. The van der Waals surface area contributed by atoms with Crippen molar-refractivity contribution < 1.29 is 24.2 Å². The number of benzene rings is 2. The van der Waals surface area contributed by atoms with Gasteiger partial charge in [-0.1, -0.05) is 63.2 Å². The fraction of sp³-hybridized carbons (Fsp3) is 0.438. The molecule has 0 aliphatic carbocycles. The molecule has 2 aromatic carbocycles. The summed E-state index contributed by atoms with van der Waals surface area (Å²) in [5, 5.41) is 16.3. The van der Waals surface area contributed by atoms with E-state index in [-0.39, 0.29) is 43.7 Å². The van der Waals surface area contributed by atoms with Gasteiger partial charge < -0.3 is 25.4 Å². The Hall–Kier alpha value is -3.76. The van der Waals surface area contributed by atoms with Crippen molar-refractivity contribution in [2.24, 2.45) is 5.41 Å². The van der Waals surface area contributed by atoms with E-state index in [9.17, 15) is 19.5 Å². The molecule has 224 valence electrons. The van der Waals surface area contributed by atoms with Crippen LogP contribution in [0.15, 0.2) is 54.0 Å². The average Bonchev–Trinajstić information content (AvgIpc) is 3.58. The smallest absolute Gasteiger partial charge is 0.246 e. The first-order chi connectivity index (χ1) is 20.0. The summed E-state index contributed by atoms with van der Waals surface area (Å²) in [7, 11) is 1.59. The Labute approximate surface area is 251 Å². The molecule has 3 atom stereocenters. The minimum atomic E-state index is -0.869. The van der Waals surface area contributed by atoms with E-state index in [1.165, 1.54) is 4.90 Å². The van der Waals surface area contributed by atoms with Crippen molar-refractivity contribution in [3.05, 3.63) is 70.9 Å². The fourth-order valence-electron chi connectivity index (χ4n) is 5.17. The molecular weight excluding hydrogens is 552 g/mol. The Morgan fingerprint density at radius 3 is 2.50 bits per heavy atom. The van der Waals surface area contributed by atoms with Gasteiger partial charge in [0.1, 0.15) is 17.8 Å². The summed E-state index contributed by atoms with van der Waals surface area (Å²) < 4.78 is 5.38. The Kier molecular flexibility index (Phi) is 10.0. The fourth-order valence-corrected chi connectivity index (χ4v) is 5.98. The van der Waals surface area contributed by atoms with Crippen molar-refractivity contribution >= 4 is 29.1 Å². The number of hydrogen-bond acceptors (Lipinski definition) is 7. The summed E-state index contributed by atoms with van der Waals surface area (Å²) in [5.41, 5.74) is 5.07. The Morgan fingerprint density at radius 1 is 1.14 bits per heavy atom. The van der Waals surface area contributed by atoms with Gasteiger partial charge in [0.05, 0.1) is 29.3 Å². The van der Waals surface area contributed by atoms with Gasteiger partial charge in [-0.15, -0.1) is 11.3 Å². The summed E-state index contributed by atoms with van der Waals surface area (Å²) in [5.74, 6) is -0.280. The van der Waals surface area contributed by atoms with Crippen molar-refractivity contribution in [3.8, 4) is 16.2 Å². The highest BCUT2D eigenvalue weighted by molar-refractivity contribution is 7.13. The summed E-state index contributed by atoms with van der Waals surface area (Å²) >= 11 is 1.58. The maximum Gasteiger partial charge on any atom is 0.246 e. The van der Waals surface area contributed by atoms with Crippen LogP contribution in [-0.4, -0.2) is 64.6 Å². The number of carbonyl (C=O) groups excluding carboxylic acids is 3. The van der Waals surface area contributed by atoms with Crippen LogP contribution in [0.5, 0.6) is 5.75 Å². The van der Waals surface area contributed by atoms with Crippen LogP contribution in [0, 0.1) is 12.3 Å².